The number of benzene rings is 2. The summed E-state index contributed by atoms with van der Waals surface area (Å²) in [6.45, 7) is 3.85. The highest BCUT2D eigenvalue weighted by atomic mass is 32.1. The van der Waals surface area contributed by atoms with Gasteiger partial charge in [-0.05, 0) is 49.7 Å². The average molecular weight is 375 g/mol. The van der Waals surface area contributed by atoms with E-state index < -0.39 is 5.91 Å². The van der Waals surface area contributed by atoms with Crippen LogP contribution in [0.5, 0.6) is 11.5 Å². The molecule has 2 aromatic heterocycles. The number of carbonyl (C=O) groups excluding carboxylic acids is 1. The van der Waals surface area contributed by atoms with Gasteiger partial charge in [0.1, 0.15) is 11.5 Å². The van der Waals surface area contributed by atoms with Crippen LogP contribution in [-0.2, 0) is 0 Å². The minimum atomic E-state index is -0.434. The molecule has 0 radical (unpaired) electrons. The highest BCUT2D eigenvalue weighted by molar-refractivity contribution is 7.18. The number of aryl methyl sites for hydroxylation is 2. The Hall–Kier alpha value is -3.25. The first-order valence-corrected chi connectivity index (χ1v) is 9.23. The molecule has 0 bridgehead atoms. The minimum Gasteiger partial charge on any atom is -0.457 e. The maximum atomic E-state index is 11.4. The molecule has 6 heteroatoms. The van der Waals surface area contributed by atoms with Gasteiger partial charge in [-0.2, -0.15) is 0 Å². The fourth-order valence-electron chi connectivity index (χ4n) is 2.95. The number of primary amides is 1. The number of ether oxygens (including phenoxy) is 1. The zero-order valence-electron chi connectivity index (χ0n) is 14.9. The zero-order chi connectivity index (χ0) is 19.0. The zero-order valence-corrected chi connectivity index (χ0v) is 15.7. The van der Waals surface area contributed by atoms with Crippen LogP contribution in [0.15, 0.2) is 54.7 Å². The van der Waals surface area contributed by atoms with Crippen molar-refractivity contribution < 1.29 is 9.53 Å². The second-order valence-corrected chi connectivity index (χ2v) is 7.47. The van der Waals surface area contributed by atoms with Crippen LogP contribution in [0.25, 0.3) is 21.5 Å². The summed E-state index contributed by atoms with van der Waals surface area (Å²) in [6.07, 6.45) is 1.70. The molecule has 0 fully saturated rings. The summed E-state index contributed by atoms with van der Waals surface area (Å²) in [6, 6.07) is 15.0. The standard InChI is InChI=1S/C21H17N3O2S/c1-12-9-14(3-5-17(12)21(22)25)18-10-16(7-8-23-18)26-15-4-6-20-19(11-15)24-13(2)27-20/h3-11H,1-2H3,(H2,22,25). The van der Waals surface area contributed by atoms with Gasteiger partial charge in [-0.15, -0.1) is 11.3 Å². The first-order chi connectivity index (χ1) is 13.0. The predicted octanol–water partition coefficient (Wildman–Crippen LogP) is 4.87. The van der Waals surface area contributed by atoms with Crippen molar-refractivity contribution >= 4 is 27.5 Å². The second-order valence-electron chi connectivity index (χ2n) is 6.24. The summed E-state index contributed by atoms with van der Waals surface area (Å²) < 4.78 is 7.14. The third kappa shape index (κ3) is 3.52. The van der Waals surface area contributed by atoms with Gasteiger partial charge in [0.05, 0.1) is 20.9 Å². The molecule has 134 valence electrons. The number of aromatic nitrogens is 2. The van der Waals surface area contributed by atoms with Crippen LogP contribution >= 0.6 is 11.3 Å². The van der Waals surface area contributed by atoms with Gasteiger partial charge < -0.3 is 10.5 Å². The molecule has 0 saturated heterocycles. The Bertz CT molecular complexity index is 1170. The third-order valence-electron chi connectivity index (χ3n) is 4.22. The van der Waals surface area contributed by atoms with Gasteiger partial charge in [0, 0.05) is 29.5 Å². The lowest BCUT2D eigenvalue weighted by molar-refractivity contribution is 0.0999. The minimum absolute atomic E-state index is 0.434. The van der Waals surface area contributed by atoms with Crippen molar-refractivity contribution in [2.24, 2.45) is 5.73 Å². The Kier molecular flexibility index (Phi) is 4.33. The molecule has 0 saturated carbocycles. The molecule has 4 rings (SSSR count). The number of thiazole rings is 1. The average Bonchev–Trinajstić information content (AvgIpc) is 3.01. The summed E-state index contributed by atoms with van der Waals surface area (Å²) in [5, 5.41) is 1.03. The number of carbonyl (C=O) groups is 1. The lowest BCUT2D eigenvalue weighted by atomic mass is 10.0. The fraction of sp³-hybridized carbons (Fsp3) is 0.0952. The van der Waals surface area contributed by atoms with E-state index in [2.05, 4.69) is 9.97 Å². The van der Waals surface area contributed by atoms with Crippen LogP contribution in [0.1, 0.15) is 20.9 Å². The number of rotatable bonds is 4. The SMILES string of the molecule is Cc1nc2cc(Oc3ccnc(-c4ccc(C(N)=O)c(C)c4)c3)ccc2s1. The summed E-state index contributed by atoms with van der Waals surface area (Å²) in [4.78, 5) is 20.3. The van der Waals surface area contributed by atoms with Crippen LogP contribution < -0.4 is 10.5 Å². The van der Waals surface area contributed by atoms with Crippen molar-refractivity contribution in [1.82, 2.24) is 9.97 Å². The van der Waals surface area contributed by atoms with Gasteiger partial charge >= 0.3 is 0 Å². The molecule has 0 aliphatic carbocycles. The van der Waals surface area contributed by atoms with E-state index in [4.69, 9.17) is 10.5 Å². The third-order valence-corrected chi connectivity index (χ3v) is 5.17. The highest BCUT2D eigenvalue weighted by Gasteiger charge is 2.09. The molecule has 0 spiro atoms. The number of pyridine rings is 1. The van der Waals surface area contributed by atoms with Crippen LogP contribution in [0.4, 0.5) is 0 Å². The van der Waals surface area contributed by atoms with E-state index in [9.17, 15) is 4.79 Å². The van der Waals surface area contributed by atoms with Gasteiger partial charge in [0.2, 0.25) is 5.91 Å². The summed E-state index contributed by atoms with van der Waals surface area (Å²) >= 11 is 1.66. The van der Waals surface area contributed by atoms with E-state index in [0.717, 1.165) is 37.8 Å². The number of hydrogen-bond acceptors (Lipinski definition) is 5. The van der Waals surface area contributed by atoms with Gasteiger partial charge in [0.15, 0.2) is 0 Å². The fourth-order valence-corrected chi connectivity index (χ4v) is 3.76. The summed E-state index contributed by atoms with van der Waals surface area (Å²) in [5.41, 5.74) is 9.30. The molecule has 27 heavy (non-hydrogen) atoms. The molecular weight excluding hydrogens is 358 g/mol. The Morgan fingerprint density at radius 2 is 1.85 bits per heavy atom. The van der Waals surface area contributed by atoms with Crippen LogP contribution in [0.3, 0.4) is 0 Å². The van der Waals surface area contributed by atoms with Crippen LogP contribution in [0, 0.1) is 13.8 Å². The monoisotopic (exact) mass is 375 g/mol. The molecule has 1 amide bonds. The first kappa shape index (κ1) is 17.2. The van der Waals surface area contributed by atoms with E-state index in [1.807, 2.05) is 56.3 Å². The quantitative estimate of drug-likeness (QED) is 0.552. The van der Waals surface area contributed by atoms with Crippen molar-refractivity contribution in [3.63, 3.8) is 0 Å². The Balaban J connectivity index is 1.63. The number of fused-ring (bicyclic) bond motifs is 1. The summed E-state index contributed by atoms with van der Waals surface area (Å²) in [5.74, 6) is 0.977. The molecule has 2 heterocycles. The topological polar surface area (TPSA) is 78.1 Å². The molecule has 2 aromatic carbocycles. The van der Waals surface area contributed by atoms with Crippen LogP contribution in [-0.4, -0.2) is 15.9 Å². The molecule has 0 atom stereocenters. The summed E-state index contributed by atoms with van der Waals surface area (Å²) in [7, 11) is 0. The largest absolute Gasteiger partial charge is 0.457 e. The number of nitrogens with zero attached hydrogens (tertiary/aromatic N) is 2. The first-order valence-electron chi connectivity index (χ1n) is 8.41. The van der Waals surface area contributed by atoms with E-state index >= 15 is 0 Å². The molecule has 4 aromatic rings. The van der Waals surface area contributed by atoms with Crippen molar-refractivity contribution in [2.75, 3.05) is 0 Å². The lowest BCUT2D eigenvalue weighted by Crippen LogP contribution is -2.12. The molecule has 0 aliphatic heterocycles. The Morgan fingerprint density at radius 3 is 2.63 bits per heavy atom. The maximum Gasteiger partial charge on any atom is 0.248 e. The maximum absolute atomic E-state index is 11.4. The van der Waals surface area contributed by atoms with Gasteiger partial charge in [0.25, 0.3) is 0 Å². The second kappa shape index (κ2) is 6.81. The van der Waals surface area contributed by atoms with Gasteiger partial charge in [-0.3, -0.25) is 9.78 Å². The van der Waals surface area contributed by atoms with Gasteiger partial charge in [-0.25, -0.2) is 4.98 Å². The van der Waals surface area contributed by atoms with E-state index in [1.54, 1.807) is 23.6 Å². The molecule has 5 nitrogen and oxygen atoms in total. The van der Waals surface area contributed by atoms with Crippen molar-refractivity contribution in [3.8, 4) is 22.8 Å². The Morgan fingerprint density at radius 1 is 1.04 bits per heavy atom. The highest BCUT2D eigenvalue weighted by Crippen LogP contribution is 2.30. The number of nitrogens with two attached hydrogens (primary N) is 1. The van der Waals surface area contributed by atoms with Gasteiger partial charge in [-0.1, -0.05) is 6.07 Å². The van der Waals surface area contributed by atoms with E-state index in [-0.39, 0.29) is 0 Å². The van der Waals surface area contributed by atoms with Crippen molar-refractivity contribution in [3.05, 3.63) is 70.9 Å². The molecule has 0 aliphatic rings. The predicted molar refractivity (Wildman–Crippen MR) is 107 cm³/mol. The smallest absolute Gasteiger partial charge is 0.248 e. The normalized spacial score (nSPS) is 10.9. The Labute approximate surface area is 160 Å². The number of hydrogen-bond donors (Lipinski definition) is 1. The molecular formula is C21H17N3O2S. The molecule has 2 N–H and O–H groups in total. The van der Waals surface area contributed by atoms with Crippen molar-refractivity contribution in [1.29, 1.82) is 0 Å². The van der Waals surface area contributed by atoms with E-state index in [1.165, 1.54) is 0 Å². The van der Waals surface area contributed by atoms with Crippen LogP contribution in [0.2, 0.25) is 0 Å². The van der Waals surface area contributed by atoms with Crippen molar-refractivity contribution in [2.45, 2.75) is 13.8 Å². The lowest BCUT2D eigenvalue weighted by Gasteiger charge is -2.09. The number of amides is 1. The molecule has 0 unspecified atom stereocenters. The van der Waals surface area contributed by atoms with E-state index in [0.29, 0.717) is 11.3 Å².